The van der Waals surface area contributed by atoms with Crippen molar-refractivity contribution in [3.63, 3.8) is 0 Å². The monoisotopic (exact) mass is 284 g/mol. The van der Waals surface area contributed by atoms with Crippen molar-refractivity contribution in [2.45, 2.75) is 20.5 Å². The molecule has 0 amide bonds. The van der Waals surface area contributed by atoms with Crippen molar-refractivity contribution in [3.05, 3.63) is 58.7 Å². The number of aryl methyl sites for hydroxylation is 2. The zero-order valence-electron chi connectivity index (χ0n) is 12.6. The minimum absolute atomic E-state index is 0.0135. The third-order valence-corrected chi connectivity index (χ3v) is 3.29. The first-order chi connectivity index (χ1) is 10.0. The minimum atomic E-state index is -0.0135. The summed E-state index contributed by atoms with van der Waals surface area (Å²) >= 11 is 0. The zero-order valence-corrected chi connectivity index (χ0v) is 12.6. The van der Waals surface area contributed by atoms with E-state index in [0.29, 0.717) is 17.9 Å². The molecule has 21 heavy (non-hydrogen) atoms. The first-order valence-corrected chi connectivity index (χ1v) is 6.72. The van der Waals surface area contributed by atoms with E-state index in [2.05, 4.69) is 6.07 Å². The summed E-state index contributed by atoms with van der Waals surface area (Å²) in [6.45, 7) is 4.48. The molecule has 4 nitrogen and oxygen atoms in total. The minimum Gasteiger partial charge on any atom is -0.496 e. The summed E-state index contributed by atoms with van der Waals surface area (Å²) in [6, 6.07) is 11.7. The highest BCUT2D eigenvalue weighted by molar-refractivity contribution is 5.97. The van der Waals surface area contributed by atoms with Gasteiger partial charge in [-0.25, -0.2) is 0 Å². The van der Waals surface area contributed by atoms with Crippen molar-refractivity contribution < 1.29 is 9.47 Å². The van der Waals surface area contributed by atoms with E-state index in [9.17, 15) is 0 Å². The van der Waals surface area contributed by atoms with E-state index < -0.39 is 0 Å². The average Bonchev–Trinajstić information content (AvgIpc) is 2.47. The Labute approximate surface area is 125 Å². The van der Waals surface area contributed by atoms with Gasteiger partial charge in [0, 0.05) is 0 Å². The van der Waals surface area contributed by atoms with Crippen molar-refractivity contribution in [2.24, 2.45) is 5.73 Å². The molecule has 0 radical (unpaired) electrons. The quantitative estimate of drug-likeness (QED) is 0.654. The summed E-state index contributed by atoms with van der Waals surface area (Å²) in [5.74, 6) is 1.45. The molecule has 3 N–H and O–H groups in total. The Bertz CT molecular complexity index is 666. The van der Waals surface area contributed by atoms with Crippen LogP contribution in [0.4, 0.5) is 0 Å². The molecule has 0 heterocycles. The van der Waals surface area contributed by atoms with Crippen LogP contribution in [0.1, 0.15) is 22.3 Å². The molecule has 2 aromatic carbocycles. The van der Waals surface area contributed by atoms with Gasteiger partial charge in [-0.1, -0.05) is 18.2 Å². The number of methoxy groups -OCH3 is 1. The van der Waals surface area contributed by atoms with Gasteiger partial charge in [0.2, 0.25) is 0 Å². The predicted octanol–water partition coefficient (Wildman–Crippen LogP) is 3.18. The van der Waals surface area contributed by atoms with Gasteiger partial charge in [-0.05, 0) is 48.7 Å². The highest BCUT2D eigenvalue weighted by Crippen LogP contribution is 2.23. The fourth-order valence-electron chi connectivity index (χ4n) is 2.08. The zero-order chi connectivity index (χ0) is 15.4. The standard InChI is InChI=1S/C17H20N2O2/c1-11-4-5-12(2)16(8-11)21-10-13-6-7-15(20-3)14(9-13)17(18)19/h4-9H,10H2,1-3H3,(H3,18,19). The molecule has 4 heteroatoms. The summed E-state index contributed by atoms with van der Waals surface area (Å²) in [4.78, 5) is 0. The first-order valence-electron chi connectivity index (χ1n) is 6.72. The molecular formula is C17H20N2O2. The molecule has 0 bridgehead atoms. The van der Waals surface area contributed by atoms with Crippen molar-refractivity contribution >= 4 is 5.84 Å². The second kappa shape index (κ2) is 6.31. The van der Waals surface area contributed by atoms with Crippen LogP contribution in [0.2, 0.25) is 0 Å². The maximum Gasteiger partial charge on any atom is 0.129 e. The number of amidine groups is 1. The lowest BCUT2D eigenvalue weighted by Crippen LogP contribution is -2.13. The Morgan fingerprint density at radius 1 is 1.10 bits per heavy atom. The third kappa shape index (κ3) is 3.54. The lowest BCUT2D eigenvalue weighted by atomic mass is 10.1. The number of benzene rings is 2. The molecule has 110 valence electrons. The molecular weight excluding hydrogens is 264 g/mol. The Morgan fingerprint density at radius 2 is 1.86 bits per heavy atom. The maximum absolute atomic E-state index is 7.59. The van der Waals surface area contributed by atoms with E-state index in [1.807, 2.05) is 38.1 Å². The van der Waals surface area contributed by atoms with E-state index in [1.165, 1.54) is 0 Å². The molecule has 0 aromatic heterocycles. The van der Waals surface area contributed by atoms with Crippen molar-refractivity contribution in [1.82, 2.24) is 0 Å². The number of nitrogens with two attached hydrogens (primary N) is 1. The van der Waals surface area contributed by atoms with Crippen LogP contribution < -0.4 is 15.2 Å². The molecule has 0 spiro atoms. The fourth-order valence-corrected chi connectivity index (χ4v) is 2.08. The number of hydrogen-bond donors (Lipinski definition) is 2. The summed E-state index contributed by atoms with van der Waals surface area (Å²) in [5, 5.41) is 7.59. The number of rotatable bonds is 5. The van der Waals surface area contributed by atoms with Gasteiger partial charge >= 0.3 is 0 Å². The number of hydrogen-bond acceptors (Lipinski definition) is 3. The Kier molecular flexibility index (Phi) is 4.48. The Hall–Kier alpha value is -2.49. The van der Waals surface area contributed by atoms with Crippen LogP contribution in [0, 0.1) is 19.3 Å². The lowest BCUT2D eigenvalue weighted by molar-refractivity contribution is 0.303. The largest absolute Gasteiger partial charge is 0.496 e. The van der Waals surface area contributed by atoms with Crippen molar-refractivity contribution in [2.75, 3.05) is 7.11 Å². The maximum atomic E-state index is 7.59. The molecule has 0 saturated carbocycles. The molecule has 0 fully saturated rings. The molecule has 0 aliphatic rings. The van der Waals surface area contributed by atoms with Crippen LogP contribution in [-0.2, 0) is 6.61 Å². The average molecular weight is 284 g/mol. The van der Waals surface area contributed by atoms with Gasteiger partial charge in [0.1, 0.15) is 23.9 Å². The second-order valence-electron chi connectivity index (χ2n) is 5.01. The van der Waals surface area contributed by atoms with E-state index in [0.717, 1.165) is 22.4 Å². The molecule has 0 unspecified atom stereocenters. The van der Waals surface area contributed by atoms with Crippen molar-refractivity contribution in [3.8, 4) is 11.5 Å². The van der Waals surface area contributed by atoms with Crippen LogP contribution in [0.25, 0.3) is 0 Å². The van der Waals surface area contributed by atoms with Gasteiger partial charge in [0.25, 0.3) is 0 Å². The van der Waals surface area contributed by atoms with Gasteiger partial charge in [-0.15, -0.1) is 0 Å². The Balaban J connectivity index is 2.18. The van der Waals surface area contributed by atoms with E-state index in [4.69, 9.17) is 20.6 Å². The Morgan fingerprint density at radius 3 is 2.52 bits per heavy atom. The molecule has 0 atom stereocenters. The fraction of sp³-hybridized carbons (Fsp3) is 0.235. The third-order valence-electron chi connectivity index (χ3n) is 3.29. The second-order valence-corrected chi connectivity index (χ2v) is 5.01. The lowest BCUT2D eigenvalue weighted by Gasteiger charge is -2.12. The summed E-state index contributed by atoms with van der Waals surface area (Å²) in [5.41, 5.74) is 9.36. The van der Waals surface area contributed by atoms with Crippen molar-refractivity contribution in [1.29, 1.82) is 5.41 Å². The molecule has 0 aliphatic carbocycles. The number of nitrogens with one attached hydrogen (secondary N) is 1. The van der Waals surface area contributed by atoms with Gasteiger partial charge < -0.3 is 15.2 Å². The molecule has 0 saturated heterocycles. The van der Waals surface area contributed by atoms with Crippen LogP contribution in [0.15, 0.2) is 36.4 Å². The van der Waals surface area contributed by atoms with Crippen LogP contribution in [0.5, 0.6) is 11.5 Å². The number of nitrogen functional groups attached to an aromatic ring is 1. The van der Waals surface area contributed by atoms with Gasteiger partial charge in [0.15, 0.2) is 0 Å². The van der Waals surface area contributed by atoms with E-state index >= 15 is 0 Å². The highest BCUT2D eigenvalue weighted by atomic mass is 16.5. The first kappa shape index (κ1) is 14.9. The SMILES string of the molecule is COc1ccc(COc2cc(C)ccc2C)cc1C(=N)N. The van der Waals surface area contributed by atoms with Crippen LogP contribution in [-0.4, -0.2) is 12.9 Å². The van der Waals surface area contributed by atoms with Gasteiger partial charge in [0.05, 0.1) is 12.7 Å². The predicted molar refractivity (Wildman–Crippen MR) is 84.3 cm³/mol. The van der Waals surface area contributed by atoms with Crippen LogP contribution >= 0.6 is 0 Å². The topological polar surface area (TPSA) is 68.3 Å². The molecule has 0 aliphatic heterocycles. The summed E-state index contributed by atoms with van der Waals surface area (Å²) in [6.07, 6.45) is 0. The molecule has 2 rings (SSSR count). The van der Waals surface area contributed by atoms with Gasteiger partial charge in [-0.2, -0.15) is 0 Å². The summed E-state index contributed by atoms with van der Waals surface area (Å²) in [7, 11) is 1.56. The van der Waals surface area contributed by atoms with E-state index in [-0.39, 0.29) is 5.84 Å². The van der Waals surface area contributed by atoms with Gasteiger partial charge in [-0.3, -0.25) is 5.41 Å². The van der Waals surface area contributed by atoms with Crippen LogP contribution in [0.3, 0.4) is 0 Å². The number of ether oxygens (including phenoxy) is 2. The smallest absolute Gasteiger partial charge is 0.129 e. The molecule has 2 aromatic rings. The van der Waals surface area contributed by atoms with E-state index in [1.54, 1.807) is 13.2 Å². The normalized spacial score (nSPS) is 10.2. The highest BCUT2D eigenvalue weighted by Gasteiger charge is 2.08. The summed E-state index contributed by atoms with van der Waals surface area (Å²) < 4.78 is 11.1.